The first-order chi connectivity index (χ1) is 10.2. The summed E-state index contributed by atoms with van der Waals surface area (Å²) in [7, 11) is 0. The number of halogens is 1. The van der Waals surface area contributed by atoms with Crippen LogP contribution in [0.15, 0.2) is 30.3 Å². The molecule has 1 aliphatic rings. The van der Waals surface area contributed by atoms with Crippen molar-refractivity contribution >= 4 is 17.4 Å². The van der Waals surface area contributed by atoms with Gasteiger partial charge in [0.1, 0.15) is 5.82 Å². The molecule has 0 bridgehead atoms. The van der Waals surface area contributed by atoms with Crippen LogP contribution in [-0.4, -0.2) is 35.6 Å². The van der Waals surface area contributed by atoms with E-state index in [4.69, 9.17) is 21.4 Å². The zero-order valence-electron chi connectivity index (χ0n) is 12.4. The number of alkyl halides is 1. The lowest BCUT2D eigenvalue weighted by atomic mass is 10.2. The molecule has 5 heteroatoms. The first-order valence-corrected chi connectivity index (χ1v) is 7.80. The lowest BCUT2D eigenvalue weighted by Gasteiger charge is -2.35. The Morgan fingerprint density at radius 3 is 2.76 bits per heavy atom. The summed E-state index contributed by atoms with van der Waals surface area (Å²) in [5.74, 6) is 1.57. The highest BCUT2D eigenvalue weighted by molar-refractivity contribution is 6.17. The fourth-order valence-electron chi connectivity index (χ4n) is 2.79. The number of aryl methyl sites for hydroxylation is 1. The Morgan fingerprint density at radius 2 is 2.10 bits per heavy atom. The summed E-state index contributed by atoms with van der Waals surface area (Å²) in [6, 6.07) is 10.5. The monoisotopic (exact) mass is 305 g/mol. The second-order valence-electron chi connectivity index (χ2n) is 5.39. The average Bonchev–Trinajstić information content (AvgIpc) is 2.85. The smallest absolute Gasteiger partial charge is 0.137 e. The van der Waals surface area contributed by atoms with E-state index in [9.17, 15) is 0 Å². The Bertz CT molecular complexity index is 611. The molecule has 1 atom stereocenters. The maximum Gasteiger partial charge on any atom is 0.137 e. The van der Waals surface area contributed by atoms with Gasteiger partial charge < -0.3 is 9.64 Å². The van der Waals surface area contributed by atoms with E-state index in [2.05, 4.69) is 24.0 Å². The molecule has 1 aliphatic heterocycles. The molecule has 1 aromatic heterocycles. The molecule has 0 aliphatic carbocycles. The molecule has 1 unspecified atom stereocenters. The zero-order chi connectivity index (χ0) is 14.8. The number of para-hydroxylation sites is 1. The van der Waals surface area contributed by atoms with Crippen molar-refractivity contribution in [3.63, 3.8) is 0 Å². The van der Waals surface area contributed by atoms with Gasteiger partial charge in [-0.05, 0) is 26.0 Å². The Hall–Kier alpha value is -1.52. The van der Waals surface area contributed by atoms with Gasteiger partial charge in [0.25, 0.3) is 0 Å². The minimum absolute atomic E-state index is 0.319. The Labute approximate surface area is 130 Å². The standard InChI is InChI=1S/C16H20ClN3O/c1-12-11-21-9-8-19(12)16-15(10-17)13(2)18-20(16)14-6-4-3-5-7-14/h3-7,12H,8-11H2,1-2H3. The topological polar surface area (TPSA) is 30.3 Å². The van der Waals surface area contributed by atoms with Crippen molar-refractivity contribution in [1.29, 1.82) is 0 Å². The summed E-state index contributed by atoms with van der Waals surface area (Å²) < 4.78 is 7.56. The zero-order valence-corrected chi connectivity index (χ0v) is 13.2. The summed E-state index contributed by atoms with van der Waals surface area (Å²) in [4.78, 5) is 2.36. The fourth-order valence-corrected chi connectivity index (χ4v) is 3.10. The van der Waals surface area contributed by atoms with Crippen LogP contribution < -0.4 is 4.90 Å². The fraction of sp³-hybridized carbons (Fsp3) is 0.438. The Morgan fingerprint density at radius 1 is 1.33 bits per heavy atom. The predicted octanol–water partition coefficient (Wildman–Crippen LogP) is 3.14. The molecule has 112 valence electrons. The Kier molecular flexibility index (Phi) is 4.17. The van der Waals surface area contributed by atoms with Crippen molar-refractivity contribution in [2.75, 3.05) is 24.7 Å². The molecule has 1 aromatic carbocycles. The van der Waals surface area contributed by atoms with Crippen LogP contribution in [0.25, 0.3) is 5.69 Å². The second-order valence-corrected chi connectivity index (χ2v) is 5.65. The first-order valence-electron chi connectivity index (χ1n) is 7.26. The van der Waals surface area contributed by atoms with Gasteiger partial charge in [-0.3, -0.25) is 0 Å². The second kappa shape index (κ2) is 6.08. The van der Waals surface area contributed by atoms with Gasteiger partial charge in [-0.2, -0.15) is 5.10 Å². The molecule has 4 nitrogen and oxygen atoms in total. The molecule has 21 heavy (non-hydrogen) atoms. The molecule has 3 rings (SSSR count). The first kappa shape index (κ1) is 14.4. The van der Waals surface area contributed by atoms with E-state index >= 15 is 0 Å². The molecule has 1 fully saturated rings. The van der Waals surface area contributed by atoms with E-state index < -0.39 is 0 Å². The van der Waals surface area contributed by atoms with E-state index in [1.54, 1.807) is 0 Å². The van der Waals surface area contributed by atoms with Crippen LogP contribution in [0.1, 0.15) is 18.2 Å². The molecule has 2 heterocycles. The SMILES string of the molecule is Cc1nn(-c2ccccc2)c(N2CCOCC2C)c1CCl. The molecule has 0 saturated carbocycles. The van der Waals surface area contributed by atoms with Crippen LogP contribution in [-0.2, 0) is 10.6 Å². The van der Waals surface area contributed by atoms with E-state index in [0.29, 0.717) is 11.9 Å². The highest BCUT2D eigenvalue weighted by Gasteiger charge is 2.27. The molecule has 0 N–H and O–H groups in total. The molecule has 1 saturated heterocycles. The maximum atomic E-state index is 6.19. The van der Waals surface area contributed by atoms with Crippen LogP contribution in [0, 0.1) is 6.92 Å². The minimum atomic E-state index is 0.319. The highest BCUT2D eigenvalue weighted by Crippen LogP contribution is 2.30. The summed E-state index contributed by atoms with van der Waals surface area (Å²) >= 11 is 6.19. The van der Waals surface area contributed by atoms with Gasteiger partial charge in [0.05, 0.1) is 36.5 Å². The summed E-state index contributed by atoms with van der Waals surface area (Å²) in [5.41, 5.74) is 3.16. The highest BCUT2D eigenvalue weighted by atomic mass is 35.5. The van der Waals surface area contributed by atoms with E-state index in [-0.39, 0.29) is 0 Å². The summed E-state index contributed by atoms with van der Waals surface area (Å²) in [5, 5.41) is 4.71. The molecule has 0 radical (unpaired) electrons. The number of aromatic nitrogens is 2. The molecular formula is C16H20ClN3O. The van der Waals surface area contributed by atoms with Crippen LogP contribution >= 0.6 is 11.6 Å². The number of rotatable bonds is 3. The van der Waals surface area contributed by atoms with E-state index in [0.717, 1.165) is 42.5 Å². The molecule has 2 aromatic rings. The minimum Gasteiger partial charge on any atom is -0.377 e. The number of benzene rings is 1. The van der Waals surface area contributed by atoms with Gasteiger partial charge in [-0.25, -0.2) is 4.68 Å². The maximum absolute atomic E-state index is 6.19. The Balaban J connectivity index is 2.12. The number of morpholine rings is 1. The van der Waals surface area contributed by atoms with Crippen molar-refractivity contribution in [2.45, 2.75) is 25.8 Å². The lowest BCUT2D eigenvalue weighted by Crippen LogP contribution is -2.45. The number of nitrogens with zero attached hydrogens (tertiary/aromatic N) is 3. The molecular weight excluding hydrogens is 286 g/mol. The van der Waals surface area contributed by atoms with Crippen LogP contribution in [0.2, 0.25) is 0 Å². The van der Waals surface area contributed by atoms with Crippen molar-refractivity contribution < 1.29 is 4.74 Å². The molecule has 0 amide bonds. The van der Waals surface area contributed by atoms with Gasteiger partial charge in [0, 0.05) is 12.1 Å². The summed E-state index contributed by atoms with van der Waals surface area (Å²) in [6.07, 6.45) is 0. The third-order valence-electron chi connectivity index (χ3n) is 3.93. The van der Waals surface area contributed by atoms with Crippen molar-refractivity contribution in [3.05, 3.63) is 41.6 Å². The van der Waals surface area contributed by atoms with Gasteiger partial charge >= 0.3 is 0 Å². The van der Waals surface area contributed by atoms with Gasteiger partial charge in [0.15, 0.2) is 0 Å². The quantitative estimate of drug-likeness (QED) is 0.816. The van der Waals surface area contributed by atoms with Crippen LogP contribution in [0.3, 0.4) is 0 Å². The molecule has 0 spiro atoms. The van der Waals surface area contributed by atoms with Gasteiger partial charge in [-0.1, -0.05) is 18.2 Å². The average molecular weight is 306 g/mol. The van der Waals surface area contributed by atoms with Gasteiger partial charge in [-0.15, -0.1) is 11.6 Å². The number of hydrogen-bond donors (Lipinski definition) is 0. The number of hydrogen-bond acceptors (Lipinski definition) is 3. The van der Waals surface area contributed by atoms with E-state index in [1.165, 1.54) is 0 Å². The third-order valence-corrected chi connectivity index (χ3v) is 4.20. The van der Waals surface area contributed by atoms with Crippen LogP contribution in [0.4, 0.5) is 5.82 Å². The van der Waals surface area contributed by atoms with E-state index in [1.807, 2.05) is 29.8 Å². The van der Waals surface area contributed by atoms with Crippen molar-refractivity contribution in [2.24, 2.45) is 0 Å². The largest absolute Gasteiger partial charge is 0.377 e. The summed E-state index contributed by atoms with van der Waals surface area (Å²) in [6.45, 7) is 6.54. The van der Waals surface area contributed by atoms with Gasteiger partial charge in [0.2, 0.25) is 0 Å². The third kappa shape index (κ3) is 2.65. The van der Waals surface area contributed by atoms with Crippen molar-refractivity contribution in [3.8, 4) is 5.69 Å². The predicted molar refractivity (Wildman–Crippen MR) is 85.5 cm³/mol. The lowest BCUT2D eigenvalue weighted by molar-refractivity contribution is 0.0982. The normalized spacial score (nSPS) is 19.0. The van der Waals surface area contributed by atoms with Crippen molar-refractivity contribution in [1.82, 2.24) is 9.78 Å². The number of ether oxygens (including phenoxy) is 1. The van der Waals surface area contributed by atoms with Crippen LogP contribution in [0.5, 0.6) is 0 Å². The number of anilines is 1.